The molecule has 0 saturated carbocycles. The third-order valence-corrected chi connectivity index (χ3v) is 5.90. The SMILES string of the molecule is CC(C)c1nc(NC2CCN(C(=O)N3CCCC3)CC2)c2c(n1)C(=O)NCC2. The highest BCUT2D eigenvalue weighted by atomic mass is 16.2. The molecule has 0 atom stereocenters. The van der Waals surface area contributed by atoms with Gasteiger partial charge < -0.3 is 20.4 Å². The van der Waals surface area contributed by atoms with Gasteiger partial charge >= 0.3 is 6.03 Å². The number of fused-ring (bicyclic) bond motifs is 1. The van der Waals surface area contributed by atoms with Crippen LogP contribution in [0.15, 0.2) is 0 Å². The topological polar surface area (TPSA) is 90.5 Å². The van der Waals surface area contributed by atoms with Gasteiger partial charge in [0.1, 0.15) is 17.3 Å². The highest BCUT2D eigenvalue weighted by Gasteiger charge is 2.30. The van der Waals surface area contributed by atoms with Crippen molar-refractivity contribution in [3.63, 3.8) is 0 Å². The zero-order chi connectivity index (χ0) is 19.7. The van der Waals surface area contributed by atoms with Crippen molar-refractivity contribution < 1.29 is 9.59 Å². The molecule has 2 N–H and O–H groups in total. The standard InChI is InChI=1S/C20H30N6O2/c1-13(2)17-23-16-15(5-8-21-19(16)27)18(24-17)22-14-6-11-26(12-7-14)20(28)25-9-3-4-10-25/h13-14H,3-12H2,1-2H3,(H,21,27)(H,22,23,24). The van der Waals surface area contributed by atoms with Gasteiger partial charge in [0.2, 0.25) is 0 Å². The van der Waals surface area contributed by atoms with Crippen molar-refractivity contribution >= 4 is 17.8 Å². The van der Waals surface area contributed by atoms with Crippen LogP contribution in [-0.4, -0.2) is 70.5 Å². The summed E-state index contributed by atoms with van der Waals surface area (Å²) in [6.45, 7) is 8.00. The molecule has 0 unspecified atom stereocenters. The van der Waals surface area contributed by atoms with Crippen LogP contribution in [0.25, 0.3) is 0 Å². The molecule has 1 aromatic rings. The molecular weight excluding hydrogens is 356 g/mol. The number of nitrogens with zero attached hydrogens (tertiary/aromatic N) is 4. The van der Waals surface area contributed by atoms with E-state index in [1.165, 1.54) is 0 Å². The van der Waals surface area contributed by atoms with Crippen LogP contribution in [0.3, 0.4) is 0 Å². The van der Waals surface area contributed by atoms with Gasteiger partial charge in [0.15, 0.2) is 0 Å². The van der Waals surface area contributed by atoms with Crippen molar-refractivity contribution in [3.05, 3.63) is 17.1 Å². The molecule has 3 aliphatic heterocycles. The van der Waals surface area contributed by atoms with Gasteiger partial charge in [-0.05, 0) is 32.1 Å². The van der Waals surface area contributed by atoms with E-state index in [1.807, 2.05) is 23.6 Å². The number of rotatable bonds is 3. The quantitative estimate of drug-likeness (QED) is 0.829. The Kier molecular flexibility index (Phi) is 5.37. The van der Waals surface area contributed by atoms with Crippen LogP contribution < -0.4 is 10.6 Å². The predicted octanol–water partition coefficient (Wildman–Crippen LogP) is 1.98. The lowest BCUT2D eigenvalue weighted by Gasteiger charge is -2.35. The third kappa shape index (κ3) is 3.77. The second kappa shape index (κ2) is 7.93. The third-order valence-electron chi connectivity index (χ3n) is 5.90. The lowest BCUT2D eigenvalue weighted by Crippen LogP contribution is -2.48. The molecule has 2 saturated heterocycles. The molecule has 3 aliphatic rings. The summed E-state index contributed by atoms with van der Waals surface area (Å²) >= 11 is 0. The molecule has 0 spiro atoms. The fourth-order valence-electron chi connectivity index (χ4n) is 4.21. The number of hydrogen-bond donors (Lipinski definition) is 2. The smallest absolute Gasteiger partial charge is 0.319 e. The van der Waals surface area contributed by atoms with E-state index in [9.17, 15) is 9.59 Å². The van der Waals surface area contributed by atoms with Crippen LogP contribution in [-0.2, 0) is 6.42 Å². The molecule has 4 rings (SSSR count). The molecule has 8 heteroatoms. The molecule has 28 heavy (non-hydrogen) atoms. The van der Waals surface area contributed by atoms with E-state index in [-0.39, 0.29) is 23.9 Å². The minimum absolute atomic E-state index is 0.111. The van der Waals surface area contributed by atoms with Gasteiger partial charge in [0.05, 0.1) is 0 Å². The molecule has 0 aliphatic carbocycles. The summed E-state index contributed by atoms with van der Waals surface area (Å²) in [5, 5.41) is 6.45. The van der Waals surface area contributed by atoms with E-state index >= 15 is 0 Å². The Hall–Kier alpha value is -2.38. The summed E-state index contributed by atoms with van der Waals surface area (Å²) in [5.41, 5.74) is 1.43. The predicted molar refractivity (Wildman–Crippen MR) is 107 cm³/mol. The van der Waals surface area contributed by atoms with Crippen molar-refractivity contribution in [2.45, 2.75) is 57.9 Å². The van der Waals surface area contributed by atoms with Crippen LogP contribution in [0.4, 0.5) is 10.6 Å². The number of carbonyl (C=O) groups is 2. The Morgan fingerprint density at radius 1 is 1.11 bits per heavy atom. The van der Waals surface area contributed by atoms with Crippen molar-refractivity contribution in [1.29, 1.82) is 0 Å². The average molecular weight is 387 g/mol. The molecular formula is C20H30N6O2. The summed E-state index contributed by atoms with van der Waals surface area (Å²) in [7, 11) is 0. The Morgan fingerprint density at radius 2 is 1.79 bits per heavy atom. The highest BCUT2D eigenvalue weighted by Crippen LogP contribution is 2.26. The Morgan fingerprint density at radius 3 is 2.46 bits per heavy atom. The lowest BCUT2D eigenvalue weighted by molar-refractivity contribution is 0.0939. The number of piperidine rings is 1. The molecule has 0 aromatic carbocycles. The molecule has 0 radical (unpaired) electrons. The minimum Gasteiger partial charge on any atom is -0.367 e. The van der Waals surface area contributed by atoms with Gasteiger partial charge in [-0.2, -0.15) is 0 Å². The van der Waals surface area contributed by atoms with Gasteiger partial charge in [-0.15, -0.1) is 0 Å². The molecule has 0 bridgehead atoms. The number of aromatic nitrogens is 2. The van der Waals surface area contributed by atoms with E-state index in [4.69, 9.17) is 4.98 Å². The average Bonchev–Trinajstić information content (AvgIpc) is 3.23. The van der Waals surface area contributed by atoms with Crippen LogP contribution in [0, 0.1) is 0 Å². The summed E-state index contributed by atoms with van der Waals surface area (Å²) in [6.07, 6.45) is 4.76. The summed E-state index contributed by atoms with van der Waals surface area (Å²) in [5.74, 6) is 1.54. The number of urea groups is 1. The van der Waals surface area contributed by atoms with Crippen molar-refractivity contribution in [2.24, 2.45) is 0 Å². The van der Waals surface area contributed by atoms with E-state index in [2.05, 4.69) is 15.6 Å². The van der Waals surface area contributed by atoms with Gasteiger partial charge in [0, 0.05) is 50.2 Å². The molecule has 152 valence electrons. The van der Waals surface area contributed by atoms with Crippen LogP contribution >= 0.6 is 0 Å². The fourth-order valence-corrected chi connectivity index (χ4v) is 4.21. The molecule has 8 nitrogen and oxygen atoms in total. The zero-order valence-electron chi connectivity index (χ0n) is 16.8. The highest BCUT2D eigenvalue weighted by molar-refractivity contribution is 5.96. The van der Waals surface area contributed by atoms with Crippen LogP contribution in [0.1, 0.15) is 67.3 Å². The number of likely N-dealkylation sites (tertiary alicyclic amines) is 2. The zero-order valence-corrected chi connectivity index (χ0v) is 16.8. The van der Waals surface area contributed by atoms with Gasteiger partial charge in [-0.25, -0.2) is 14.8 Å². The Labute approximate surface area is 166 Å². The largest absolute Gasteiger partial charge is 0.367 e. The maximum absolute atomic E-state index is 12.6. The van der Waals surface area contributed by atoms with Crippen molar-refractivity contribution in [1.82, 2.24) is 25.1 Å². The number of carbonyl (C=O) groups excluding carboxylic acids is 2. The molecule has 4 heterocycles. The van der Waals surface area contributed by atoms with Gasteiger partial charge in [0.25, 0.3) is 5.91 Å². The molecule has 2 fully saturated rings. The van der Waals surface area contributed by atoms with Crippen LogP contribution in [0.2, 0.25) is 0 Å². The maximum atomic E-state index is 12.6. The van der Waals surface area contributed by atoms with Crippen LogP contribution in [0.5, 0.6) is 0 Å². The Bertz CT molecular complexity index is 751. The first-order valence-electron chi connectivity index (χ1n) is 10.5. The first-order chi connectivity index (χ1) is 13.5. The first kappa shape index (κ1) is 19.0. The summed E-state index contributed by atoms with van der Waals surface area (Å²) in [6, 6.07) is 0.445. The number of nitrogens with one attached hydrogen (secondary N) is 2. The molecule has 1 aromatic heterocycles. The van der Waals surface area contributed by atoms with Crippen molar-refractivity contribution in [3.8, 4) is 0 Å². The lowest BCUT2D eigenvalue weighted by atomic mass is 10.0. The number of anilines is 1. The maximum Gasteiger partial charge on any atom is 0.319 e. The Balaban J connectivity index is 1.45. The number of hydrogen-bond acceptors (Lipinski definition) is 5. The summed E-state index contributed by atoms with van der Waals surface area (Å²) in [4.78, 5) is 38.0. The van der Waals surface area contributed by atoms with Crippen molar-refractivity contribution in [2.75, 3.05) is 38.0 Å². The van der Waals surface area contributed by atoms with E-state index in [0.717, 1.165) is 69.7 Å². The normalized spacial score (nSPS) is 20.3. The monoisotopic (exact) mass is 386 g/mol. The minimum atomic E-state index is -0.111. The van der Waals surface area contributed by atoms with E-state index in [1.54, 1.807) is 0 Å². The second-order valence-corrected chi connectivity index (χ2v) is 8.30. The van der Waals surface area contributed by atoms with E-state index in [0.29, 0.717) is 18.1 Å². The molecule has 3 amide bonds. The fraction of sp³-hybridized carbons (Fsp3) is 0.700. The van der Waals surface area contributed by atoms with Gasteiger partial charge in [-0.1, -0.05) is 13.8 Å². The first-order valence-corrected chi connectivity index (χ1v) is 10.5. The second-order valence-electron chi connectivity index (χ2n) is 8.30. The van der Waals surface area contributed by atoms with Gasteiger partial charge in [-0.3, -0.25) is 4.79 Å². The van der Waals surface area contributed by atoms with E-state index < -0.39 is 0 Å². The summed E-state index contributed by atoms with van der Waals surface area (Å²) < 4.78 is 0. The number of amides is 3.